The van der Waals surface area contributed by atoms with Crippen LogP contribution >= 0.6 is 0 Å². The van der Waals surface area contributed by atoms with Crippen LogP contribution in [0, 0.1) is 5.92 Å². The van der Waals surface area contributed by atoms with Gasteiger partial charge in [-0.2, -0.15) is 0 Å². The van der Waals surface area contributed by atoms with Crippen LogP contribution in [-0.2, 0) is 9.53 Å². The molecule has 0 fully saturated rings. The van der Waals surface area contributed by atoms with Gasteiger partial charge in [0.25, 0.3) is 5.56 Å². The van der Waals surface area contributed by atoms with E-state index in [1.807, 2.05) is 13.8 Å². The van der Waals surface area contributed by atoms with E-state index in [-0.39, 0.29) is 23.5 Å². The lowest BCUT2D eigenvalue weighted by Crippen LogP contribution is -2.24. The monoisotopic (exact) mass is 296 g/mol. The van der Waals surface area contributed by atoms with Crippen molar-refractivity contribution in [3.05, 3.63) is 27.7 Å². The number of pyridine rings is 1. The third kappa shape index (κ3) is 4.08. The Morgan fingerprint density at radius 3 is 2.52 bits per heavy atom. The average molecular weight is 296 g/mol. The Hall–Kier alpha value is -2.31. The van der Waals surface area contributed by atoms with Gasteiger partial charge < -0.3 is 20.6 Å². The first-order valence-electron chi connectivity index (χ1n) is 6.59. The van der Waals surface area contributed by atoms with E-state index in [9.17, 15) is 19.5 Å². The zero-order chi connectivity index (χ0) is 16.2. The summed E-state index contributed by atoms with van der Waals surface area (Å²) in [6.45, 7) is 3.84. The standard InChI is InChI=1S/C14H20N2O5/c1-7(2)4-8(5-10(15)17)11-12(18)9(14(20)21-3)6-16-13(11)19/h6-8H,4-5H2,1-3H3,(H2,15,17)(H2,16,18,19)/t8-/m1/s1. The summed E-state index contributed by atoms with van der Waals surface area (Å²) in [4.78, 5) is 37.1. The van der Waals surface area contributed by atoms with Gasteiger partial charge in [-0.05, 0) is 12.3 Å². The first-order chi connectivity index (χ1) is 9.77. The number of aromatic hydroxyl groups is 1. The van der Waals surface area contributed by atoms with E-state index < -0.39 is 29.1 Å². The van der Waals surface area contributed by atoms with Crippen LogP contribution in [0.2, 0.25) is 0 Å². The predicted octanol–water partition coefficient (Wildman–Crippen LogP) is 0.872. The molecule has 0 bridgehead atoms. The van der Waals surface area contributed by atoms with Gasteiger partial charge in [0.2, 0.25) is 5.91 Å². The molecule has 0 spiro atoms. The summed E-state index contributed by atoms with van der Waals surface area (Å²) in [6, 6.07) is 0. The van der Waals surface area contributed by atoms with Crippen molar-refractivity contribution in [2.45, 2.75) is 32.6 Å². The molecule has 0 saturated carbocycles. The normalized spacial score (nSPS) is 12.2. The number of nitrogens with two attached hydrogens (primary N) is 1. The van der Waals surface area contributed by atoms with Crippen molar-refractivity contribution in [2.75, 3.05) is 7.11 Å². The highest BCUT2D eigenvalue weighted by Gasteiger charge is 2.26. The van der Waals surface area contributed by atoms with Crippen LogP contribution in [-0.4, -0.2) is 29.1 Å². The Morgan fingerprint density at radius 1 is 1.43 bits per heavy atom. The first kappa shape index (κ1) is 16.7. The Bertz CT molecular complexity index is 592. The number of rotatable bonds is 6. The minimum absolute atomic E-state index is 0.00889. The van der Waals surface area contributed by atoms with Crippen molar-refractivity contribution in [1.82, 2.24) is 4.98 Å². The molecule has 1 amide bonds. The maximum Gasteiger partial charge on any atom is 0.343 e. The van der Waals surface area contributed by atoms with E-state index in [1.54, 1.807) is 0 Å². The van der Waals surface area contributed by atoms with Crippen molar-refractivity contribution in [3.63, 3.8) is 0 Å². The van der Waals surface area contributed by atoms with E-state index in [1.165, 1.54) is 7.11 Å². The number of H-pyrrole nitrogens is 1. The topological polar surface area (TPSA) is 122 Å². The van der Waals surface area contributed by atoms with E-state index in [0.717, 1.165) is 6.20 Å². The molecule has 0 aliphatic rings. The molecule has 0 unspecified atom stereocenters. The quantitative estimate of drug-likeness (QED) is 0.672. The molecule has 116 valence electrons. The third-order valence-corrected chi connectivity index (χ3v) is 3.12. The van der Waals surface area contributed by atoms with Crippen molar-refractivity contribution >= 4 is 11.9 Å². The molecule has 1 rings (SSSR count). The summed E-state index contributed by atoms with van der Waals surface area (Å²) in [5, 5.41) is 10.2. The van der Waals surface area contributed by atoms with E-state index in [2.05, 4.69) is 9.72 Å². The molecule has 1 aromatic rings. The molecule has 0 aromatic carbocycles. The fourth-order valence-electron chi connectivity index (χ4n) is 2.30. The number of amides is 1. The minimum Gasteiger partial charge on any atom is -0.506 e. The highest BCUT2D eigenvalue weighted by molar-refractivity contribution is 5.92. The van der Waals surface area contributed by atoms with Crippen molar-refractivity contribution < 1.29 is 19.4 Å². The van der Waals surface area contributed by atoms with Crippen LogP contribution in [0.4, 0.5) is 0 Å². The second-order valence-corrected chi connectivity index (χ2v) is 5.28. The Balaban J connectivity index is 3.38. The summed E-state index contributed by atoms with van der Waals surface area (Å²) < 4.78 is 4.54. The van der Waals surface area contributed by atoms with Gasteiger partial charge in [-0.25, -0.2) is 4.79 Å². The molecule has 7 nitrogen and oxygen atoms in total. The van der Waals surface area contributed by atoms with Gasteiger partial charge >= 0.3 is 5.97 Å². The highest BCUT2D eigenvalue weighted by atomic mass is 16.5. The smallest absolute Gasteiger partial charge is 0.343 e. The molecule has 0 saturated heterocycles. The second kappa shape index (κ2) is 6.92. The first-order valence-corrected chi connectivity index (χ1v) is 6.59. The van der Waals surface area contributed by atoms with Crippen LogP contribution < -0.4 is 11.3 Å². The fourth-order valence-corrected chi connectivity index (χ4v) is 2.30. The lowest BCUT2D eigenvalue weighted by Gasteiger charge is -2.19. The number of hydrogen-bond donors (Lipinski definition) is 3. The van der Waals surface area contributed by atoms with Crippen LogP contribution in [0.5, 0.6) is 5.75 Å². The number of hydrogen-bond acceptors (Lipinski definition) is 5. The molecule has 1 atom stereocenters. The Labute approximate surface area is 122 Å². The number of nitrogens with one attached hydrogen (secondary N) is 1. The third-order valence-electron chi connectivity index (χ3n) is 3.12. The lowest BCUT2D eigenvalue weighted by atomic mass is 9.87. The number of esters is 1. The van der Waals surface area contributed by atoms with Gasteiger partial charge in [0.15, 0.2) is 0 Å². The number of methoxy groups -OCH3 is 1. The van der Waals surface area contributed by atoms with Gasteiger partial charge in [-0.1, -0.05) is 13.8 Å². The maximum absolute atomic E-state index is 12.0. The fraction of sp³-hybridized carbons (Fsp3) is 0.500. The molecule has 4 N–H and O–H groups in total. The zero-order valence-electron chi connectivity index (χ0n) is 12.3. The van der Waals surface area contributed by atoms with Crippen LogP contribution in [0.3, 0.4) is 0 Å². The minimum atomic E-state index is -0.771. The summed E-state index contributed by atoms with van der Waals surface area (Å²) >= 11 is 0. The SMILES string of the molecule is COC(=O)c1c[nH]c(=O)c([C@@H](CC(N)=O)CC(C)C)c1O. The molecule has 7 heteroatoms. The lowest BCUT2D eigenvalue weighted by molar-refractivity contribution is -0.118. The molecule has 21 heavy (non-hydrogen) atoms. The van der Waals surface area contributed by atoms with Crippen LogP contribution in [0.15, 0.2) is 11.0 Å². The number of carbonyl (C=O) groups excluding carboxylic acids is 2. The van der Waals surface area contributed by atoms with Gasteiger partial charge in [0, 0.05) is 18.5 Å². The number of aromatic nitrogens is 1. The molecular formula is C14H20N2O5. The number of ether oxygens (including phenoxy) is 1. The number of carbonyl (C=O) groups is 2. The molecular weight excluding hydrogens is 276 g/mol. The number of primary amides is 1. The van der Waals surface area contributed by atoms with Crippen molar-refractivity contribution in [2.24, 2.45) is 11.7 Å². The Kier molecular flexibility index (Phi) is 5.52. The van der Waals surface area contributed by atoms with Crippen molar-refractivity contribution in [1.29, 1.82) is 0 Å². The molecule has 1 aromatic heterocycles. The van der Waals surface area contributed by atoms with Gasteiger partial charge in [-0.15, -0.1) is 0 Å². The molecule has 0 aliphatic heterocycles. The summed E-state index contributed by atoms with van der Waals surface area (Å²) in [5.41, 5.74) is 4.50. The molecule has 1 heterocycles. The summed E-state index contributed by atoms with van der Waals surface area (Å²) in [6.07, 6.45) is 1.48. The zero-order valence-corrected chi connectivity index (χ0v) is 12.3. The Morgan fingerprint density at radius 2 is 2.05 bits per heavy atom. The van der Waals surface area contributed by atoms with Crippen LogP contribution in [0.25, 0.3) is 0 Å². The van der Waals surface area contributed by atoms with Gasteiger partial charge in [-0.3, -0.25) is 9.59 Å². The predicted molar refractivity (Wildman–Crippen MR) is 76.1 cm³/mol. The van der Waals surface area contributed by atoms with E-state index in [4.69, 9.17) is 5.73 Å². The number of aromatic amines is 1. The largest absolute Gasteiger partial charge is 0.506 e. The summed E-state index contributed by atoms with van der Waals surface area (Å²) in [7, 11) is 1.17. The maximum atomic E-state index is 12.0. The summed E-state index contributed by atoms with van der Waals surface area (Å²) in [5.74, 6) is -2.20. The van der Waals surface area contributed by atoms with Gasteiger partial charge in [0.1, 0.15) is 11.3 Å². The van der Waals surface area contributed by atoms with E-state index in [0.29, 0.717) is 6.42 Å². The second-order valence-electron chi connectivity index (χ2n) is 5.28. The van der Waals surface area contributed by atoms with E-state index >= 15 is 0 Å². The van der Waals surface area contributed by atoms with Crippen LogP contribution in [0.1, 0.15) is 48.5 Å². The average Bonchev–Trinajstić information content (AvgIpc) is 2.36. The van der Waals surface area contributed by atoms with Crippen molar-refractivity contribution in [3.8, 4) is 5.75 Å². The molecule has 0 aliphatic carbocycles. The van der Waals surface area contributed by atoms with Gasteiger partial charge in [0.05, 0.1) is 12.7 Å². The molecule has 0 radical (unpaired) electrons. The highest BCUT2D eigenvalue weighted by Crippen LogP contribution is 2.32.